The van der Waals surface area contributed by atoms with E-state index in [9.17, 15) is 4.79 Å². The average molecular weight is 312 g/mol. The lowest BCUT2D eigenvalue weighted by atomic mass is 10.1. The van der Waals surface area contributed by atoms with Crippen molar-refractivity contribution < 1.29 is 4.74 Å². The monoisotopic (exact) mass is 312 g/mol. The number of nitriles is 1. The number of nitrogens with one attached hydrogen (secondary N) is 1. The zero-order valence-electron chi connectivity index (χ0n) is 12.4. The highest BCUT2D eigenvalue weighted by Crippen LogP contribution is 2.54. The number of hydrogen-bond donors (Lipinski definition) is 1. The minimum absolute atomic E-state index is 0.206. The Bertz CT molecular complexity index is 790. The van der Waals surface area contributed by atoms with Crippen LogP contribution in [0.2, 0.25) is 0 Å². The molecule has 1 aliphatic rings. The van der Waals surface area contributed by atoms with E-state index in [0.29, 0.717) is 11.8 Å². The predicted molar refractivity (Wildman–Crippen MR) is 86.7 cm³/mol. The van der Waals surface area contributed by atoms with Gasteiger partial charge in [-0.1, -0.05) is 12.1 Å². The van der Waals surface area contributed by atoms with Gasteiger partial charge < -0.3 is 9.72 Å². The first-order valence-corrected chi connectivity index (χ1v) is 8.25. The molecule has 1 saturated carbocycles. The Hall–Kier alpha value is -2.19. The number of methoxy groups -OCH3 is 1. The molecular formula is C17H16N2O2S. The maximum absolute atomic E-state index is 12.0. The van der Waals surface area contributed by atoms with Crippen molar-refractivity contribution in [2.75, 3.05) is 13.4 Å². The Kier molecular flexibility index (Phi) is 3.95. The summed E-state index contributed by atoms with van der Waals surface area (Å²) in [6, 6.07) is 12.0. The van der Waals surface area contributed by atoms with Crippen LogP contribution < -0.4 is 10.3 Å². The second-order valence-corrected chi connectivity index (χ2v) is 6.18. The van der Waals surface area contributed by atoms with Crippen molar-refractivity contribution in [1.82, 2.24) is 4.98 Å². The minimum Gasteiger partial charge on any atom is -0.497 e. The maximum atomic E-state index is 12.0. The first-order valence-electron chi connectivity index (χ1n) is 7.03. The molecule has 2 unspecified atom stereocenters. The number of aromatic amines is 1. The summed E-state index contributed by atoms with van der Waals surface area (Å²) in [5, 5.41) is 9.06. The van der Waals surface area contributed by atoms with Crippen LogP contribution in [0.1, 0.15) is 35.1 Å². The molecule has 0 amide bonds. The smallest absolute Gasteiger partial charge is 0.267 e. The summed E-state index contributed by atoms with van der Waals surface area (Å²) in [5.74, 6) is 1.58. The molecule has 3 rings (SSSR count). The van der Waals surface area contributed by atoms with E-state index in [0.717, 1.165) is 22.8 Å². The number of nitrogens with zero attached hydrogens (tertiary/aromatic N) is 1. The Balaban J connectivity index is 1.86. The first kappa shape index (κ1) is 14.7. The van der Waals surface area contributed by atoms with Crippen LogP contribution in [0.4, 0.5) is 0 Å². The fourth-order valence-electron chi connectivity index (χ4n) is 2.78. The topological polar surface area (TPSA) is 65.9 Å². The normalized spacial score (nSPS) is 19.5. The van der Waals surface area contributed by atoms with Crippen molar-refractivity contribution >= 4 is 11.8 Å². The quantitative estimate of drug-likeness (QED) is 0.880. The molecule has 0 saturated heterocycles. The highest BCUT2D eigenvalue weighted by molar-refractivity contribution is 7.98. The number of thioether (sulfide) groups is 1. The van der Waals surface area contributed by atoms with E-state index in [1.807, 2.05) is 30.5 Å². The number of benzene rings is 1. The number of ether oxygens (including phenoxy) is 1. The Morgan fingerprint density at radius 2 is 2.05 bits per heavy atom. The molecule has 1 N–H and O–H groups in total. The number of aromatic nitrogens is 1. The number of hydrogen-bond acceptors (Lipinski definition) is 4. The van der Waals surface area contributed by atoms with Gasteiger partial charge in [0.1, 0.15) is 17.4 Å². The Morgan fingerprint density at radius 3 is 2.64 bits per heavy atom. The highest BCUT2D eigenvalue weighted by atomic mass is 32.2. The summed E-state index contributed by atoms with van der Waals surface area (Å²) in [7, 11) is 1.65. The molecule has 1 heterocycles. The SMILES string of the molecule is COc1ccc(C2CC2c2cc(SC)c(C#N)c(=O)[nH]2)cc1. The van der Waals surface area contributed by atoms with E-state index >= 15 is 0 Å². The number of pyridine rings is 1. The van der Waals surface area contributed by atoms with Gasteiger partial charge in [-0.15, -0.1) is 11.8 Å². The van der Waals surface area contributed by atoms with Gasteiger partial charge in [-0.25, -0.2) is 0 Å². The van der Waals surface area contributed by atoms with E-state index in [1.165, 1.54) is 17.3 Å². The first-order chi connectivity index (χ1) is 10.7. The molecule has 0 spiro atoms. The van der Waals surface area contributed by atoms with E-state index in [4.69, 9.17) is 10.00 Å². The summed E-state index contributed by atoms with van der Waals surface area (Å²) in [4.78, 5) is 15.6. The van der Waals surface area contributed by atoms with E-state index in [2.05, 4.69) is 17.1 Å². The lowest BCUT2D eigenvalue weighted by molar-refractivity contribution is 0.414. The van der Waals surface area contributed by atoms with Crippen LogP contribution in [0.15, 0.2) is 40.0 Å². The summed E-state index contributed by atoms with van der Waals surface area (Å²) in [6.07, 6.45) is 2.90. The lowest BCUT2D eigenvalue weighted by Gasteiger charge is -2.06. The van der Waals surface area contributed by atoms with Gasteiger partial charge in [-0.2, -0.15) is 5.26 Å². The third kappa shape index (κ3) is 2.62. The second-order valence-electron chi connectivity index (χ2n) is 5.33. The van der Waals surface area contributed by atoms with Crippen LogP contribution >= 0.6 is 11.8 Å². The second kappa shape index (κ2) is 5.90. The van der Waals surface area contributed by atoms with E-state index < -0.39 is 0 Å². The molecule has 0 aliphatic heterocycles. The summed E-state index contributed by atoms with van der Waals surface area (Å²) in [6.45, 7) is 0. The van der Waals surface area contributed by atoms with Crippen LogP contribution in [0, 0.1) is 11.3 Å². The van der Waals surface area contributed by atoms with Crippen LogP contribution in [0.5, 0.6) is 5.75 Å². The molecule has 1 aromatic heterocycles. The van der Waals surface area contributed by atoms with Gasteiger partial charge in [-0.05, 0) is 42.4 Å². The third-order valence-corrected chi connectivity index (χ3v) is 4.85. The van der Waals surface area contributed by atoms with Gasteiger partial charge in [0.15, 0.2) is 0 Å². The molecule has 1 fully saturated rings. The standard InChI is InChI=1S/C17H16N2O2S/c1-21-11-5-3-10(4-6-11)12-7-13(12)15-8-16(22-2)14(9-18)17(20)19-15/h3-6,8,12-13H,7H2,1-2H3,(H,19,20). The minimum atomic E-state index is -0.287. The largest absolute Gasteiger partial charge is 0.497 e. The third-order valence-electron chi connectivity index (χ3n) is 4.08. The molecule has 112 valence electrons. The zero-order chi connectivity index (χ0) is 15.7. The highest BCUT2D eigenvalue weighted by Gasteiger charge is 2.40. The van der Waals surface area contributed by atoms with Gasteiger partial charge in [0.05, 0.1) is 7.11 Å². The molecule has 2 atom stereocenters. The molecule has 22 heavy (non-hydrogen) atoms. The van der Waals surface area contributed by atoms with Crippen LogP contribution in [-0.2, 0) is 0 Å². The molecule has 4 nitrogen and oxygen atoms in total. The molecule has 1 aliphatic carbocycles. The van der Waals surface area contributed by atoms with Crippen molar-refractivity contribution in [2.24, 2.45) is 0 Å². The summed E-state index contributed by atoms with van der Waals surface area (Å²) in [5.41, 5.74) is 2.10. The molecule has 5 heteroatoms. The van der Waals surface area contributed by atoms with Crippen LogP contribution in [-0.4, -0.2) is 18.3 Å². The molecule has 0 bridgehead atoms. The number of rotatable bonds is 4. The molecular weight excluding hydrogens is 296 g/mol. The molecule has 0 radical (unpaired) electrons. The van der Waals surface area contributed by atoms with Gasteiger partial charge in [0.25, 0.3) is 5.56 Å². The van der Waals surface area contributed by atoms with Gasteiger partial charge in [-0.3, -0.25) is 4.79 Å². The average Bonchev–Trinajstić information content (AvgIpc) is 3.34. The van der Waals surface area contributed by atoms with E-state index in [-0.39, 0.29) is 11.1 Å². The van der Waals surface area contributed by atoms with Crippen molar-refractivity contribution in [2.45, 2.75) is 23.2 Å². The lowest BCUT2D eigenvalue weighted by Crippen LogP contribution is -2.13. The summed E-state index contributed by atoms with van der Waals surface area (Å²) < 4.78 is 5.17. The fourth-order valence-corrected chi connectivity index (χ4v) is 3.37. The maximum Gasteiger partial charge on any atom is 0.267 e. The van der Waals surface area contributed by atoms with E-state index in [1.54, 1.807) is 7.11 Å². The summed E-state index contributed by atoms with van der Waals surface area (Å²) >= 11 is 1.44. The Morgan fingerprint density at radius 1 is 1.32 bits per heavy atom. The van der Waals surface area contributed by atoms with Crippen molar-refractivity contribution in [3.05, 3.63) is 57.5 Å². The predicted octanol–water partition coefficient (Wildman–Crippen LogP) is 3.25. The number of H-pyrrole nitrogens is 1. The Labute approximate surface area is 133 Å². The fraction of sp³-hybridized carbons (Fsp3) is 0.294. The van der Waals surface area contributed by atoms with Gasteiger partial charge in [0.2, 0.25) is 0 Å². The van der Waals surface area contributed by atoms with Crippen molar-refractivity contribution in [3.63, 3.8) is 0 Å². The molecule has 1 aromatic carbocycles. The molecule has 2 aromatic rings. The van der Waals surface area contributed by atoms with Crippen LogP contribution in [0.3, 0.4) is 0 Å². The van der Waals surface area contributed by atoms with Crippen molar-refractivity contribution in [1.29, 1.82) is 5.26 Å². The van der Waals surface area contributed by atoms with Gasteiger partial charge in [0, 0.05) is 16.5 Å². The van der Waals surface area contributed by atoms with Crippen molar-refractivity contribution in [3.8, 4) is 11.8 Å². The van der Waals surface area contributed by atoms with Crippen LogP contribution in [0.25, 0.3) is 0 Å². The zero-order valence-corrected chi connectivity index (χ0v) is 13.2. The van der Waals surface area contributed by atoms with Gasteiger partial charge >= 0.3 is 0 Å².